The Balaban J connectivity index is 2.98. The first-order chi connectivity index (χ1) is 8.10. The van der Waals surface area contributed by atoms with Crippen LogP contribution in [0.25, 0.3) is 0 Å². The van der Waals surface area contributed by atoms with Crippen molar-refractivity contribution < 1.29 is 5.11 Å². The molecule has 0 aromatic heterocycles. The first-order valence-electron chi connectivity index (χ1n) is 5.67. The number of anilines is 1. The molecular formula is C13H17BrN2O. The van der Waals surface area contributed by atoms with Crippen LogP contribution < -0.4 is 4.90 Å². The van der Waals surface area contributed by atoms with Crippen LogP contribution in [0.4, 0.5) is 5.69 Å². The molecule has 1 aromatic carbocycles. The van der Waals surface area contributed by atoms with E-state index in [1.54, 1.807) is 0 Å². The summed E-state index contributed by atoms with van der Waals surface area (Å²) in [5, 5.41) is 17.7. The molecule has 0 spiro atoms. The van der Waals surface area contributed by atoms with Crippen molar-refractivity contribution >= 4 is 21.6 Å². The van der Waals surface area contributed by atoms with Crippen molar-refractivity contribution in [3.05, 3.63) is 28.2 Å². The predicted octanol–water partition coefficient (Wildman–Crippen LogP) is 2.92. The molecule has 0 amide bonds. The molecule has 0 unspecified atom stereocenters. The third-order valence-corrected chi connectivity index (χ3v) is 3.20. The van der Waals surface area contributed by atoms with Gasteiger partial charge in [0.1, 0.15) is 0 Å². The van der Waals surface area contributed by atoms with E-state index in [4.69, 9.17) is 10.4 Å². The number of nitriles is 1. The molecule has 0 saturated heterocycles. The molecule has 0 heterocycles. The van der Waals surface area contributed by atoms with Crippen molar-refractivity contribution in [3.8, 4) is 6.07 Å². The fourth-order valence-corrected chi connectivity index (χ4v) is 2.31. The Bertz CT molecular complexity index is 412. The third kappa shape index (κ3) is 3.72. The second-order valence-corrected chi connectivity index (χ2v) is 5.00. The maximum absolute atomic E-state index is 8.91. The van der Waals surface area contributed by atoms with Crippen LogP contribution in [0.3, 0.4) is 0 Å². The molecule has 3 nitrogen and oxygen atoms in total. The molecular weight excluding hydrogens is 280 g/mol. The molecule has 0 aliphatic rings. The number of aliphatic hydroxyl groups is 1. The van der Waals surface area contributed by atoms with Crippen molar-refractivity contribution in [1.29, 1.82) is 5.26 Å². The summed E-state index contributed by atoms with van der Waals surface area (Å²) < 4.78 is 0.920. The van der Waals surface area contributed by atoms with Crippen LogP contribution in [0.5, 0.6) is 0 Å². The van der Waals surface area contributed by atoms with Crippen LogP contribution >= 0.6 is 15.9 Å². The van der Waals surface area contributed by atoms with Gasteiger partial charge in [0, 0.05) is 23.7 Å². The highest BCUT2D eigenvalue weighted by atomic mass is 79.9. The molecule has 4 heteroatoms. The molecule has 0 saturated carbocycles. The van der Waals surface area contributed by atoms with Crippen LogP contribution in [0, 0.1) is 11.3 Å². The SMILES string of the molecule is CC(C)N(CCCO)c1ccc(C#N)cc1Br. The summed E-state index contributed by atoms with van der Waals surface area (Å²) in [6.45, 7) is 5.22. The minimum absolute atomic E-state index is 0.192. The lowest BCUT2D eigenvalue weighted by Crippen LogP contribution is -2.32. The lowest BCUT2D eigenvalue weighted by Gasteiger charge is -2.29. The molecule has 17 heavy (non-hydrogen) atoms. The third-order valence-electron chi connectivity index (χ3n) is 2.57. The quantitative estimate of drug-likeness (QED) is 0.909. The molecule has 1 N–H and O–H groups in total. The number of aliphatic hydroxyl groups excluding tert-OH is 1. The standard InChI is InChI=1S/C13H17BrN2O/c1-10(2)16(6-3-7-17)13-5-4-11(9-15)8-12(13)14/h4-5,8,10,17H,3,6-7H2,1-2H3. The number of halogens is 1. The minimum Gasteiger partial charge on any atom is -0.396 e. The highest BCUT2D eigenvalue weighted by Crippen LogP contribution is 2.28. The van der Waals surface area contributed by atoms with Gasteiger partial charge in [0.25, 0.3) is 0 Å². The molecule has 1 rings (SSSR count). The molecule has 0 aliphatic heterocycles. The zero-order chi connectivity index (χ0) is 12.8. The fraction of sp³-hybridized carbons (Fsp3) is 0.462. The number of rotatable bonds is 5. The molecule has 0 fully saturated rings. The Kier molecular flexibility index (Phi) is 5.46. The van der Waals surface area contributed by atoms with Gasteiger partial charge in [-0.25, -0.2) is 0 Å². The average molecular weight is 297 g/mol. The summed E-state index contributed by atoms with van der Waals surface area (Å²) in [6.07, 6.45) is 0.741. The van der Waals surface area contributed by atoms with E-state index in [1.165, 1.54) is 0 Å². The minimum atomic E-state index is 0.192. The molecule has 1 aromatic rings. The van der Waals surface area contributed by atoms with Crippen LogP contribution in [-0.2, 0) is 0 Å². The van der Waals surface area contributed by atoms with E-state index in [0.717, 1.165) is 23.1 Å². The van der Waals surface area contributed by atoms with Gasteiger partial charge in [0.05, 0.1) is 17.3 Å². The molecule has 0 radical (unpaired) electrons. The summed E-state index contributed by atoms with van der Waals surface area (Å²) in [4.78, 5) is 2.21. The molecule has 0 atom stereocenters. The van der Waals surface area contributed by atoms with Crippen molar-refractivity contribution in [2.75, 3.05) is 18.1 Å². The Labute approximate surface area is 111 Å². The van der Waals surface area contributed by atoms with Gasteiger partial charge in [-0.3, -0.25) is 0 Å². The van der Waals surface area contributed by atoms with E-state index in [0.29, 0.717) is 11.6 Å². The smallest absolute Gasteiger partial charge is 0.0992 e. The summed E-state index contributed by atoms with van der Waals surface area (Å²) in [5.74, 6) is 0. The summed E-state index contributed by atoms with van der Waals surface area (Å²) >= 11 is 3.49. The summed E-state index contributed by atoms with van der Waals surface area (Å²) in [5.41, 5.74) is 1.71. The van der Waals surface area contributed by atoms with Gasteiger partial charge in [0.15, 0.2) is 0 Å². The first-order valence-corrected chi connectivity index (χ1v) is 6.46. The normalized spacial score (nSPS) is 10.4. The maximum atomic E-state index is 8.91. The first kappa shape index (κ1) is 14.0. The van der Waals surface area contributed by atoms with Crippen molar-refractivity contribution in [3.63, 3.8) is 0 Å². The van der Waals surface area contributed by atoms with Gasteiger partial charge in [-0.2, -0.15) is 5.26 Å². The largest absolute Gasteiger partial charge is 0.396 e. The number of benzene rings is 1. The lowest BCUT2D eigenvalue weighted by atomic mass is 10.1. The van der Waals surface area contributed by atoms with E-state index < -0.39 is 0 Å². The number of hydrogen-bond acceptors (Lipinski definition) is 3. The van der Waals surface area contributed by atoms with Crippen LogP contribution in [-0.4, -0.2) is 24.3 Å². The van der Waals surface area contributed by atoms with Gasteiger partial charge in [-0.15, -0.1) is 0 Å². The van der Waals surface area contributed by atoms with Crippen LogP contribution in [0.2, 0.25) is 0 Å². The van der Waals surface area contributed by atoms with Gasteiger partial charge in [-0.1, -0.05) is 0 Å². The number of hydrogen-bond donors (Lipinski definition) is 1. The Hall–Kier alpha value is -1.05. The molecule has 0 aliphatic carbocycles. The van der Waals surface area contributed by atoms with E-state index in [1.807, 2.05) is 18.2 Å². The van der Waals surface area contributed by atoms with E-state index in [9.17, 15) is 0 Å². The zero-order valence-electron chi connectivity index (χ0n) is 10.2. The second kappa shape index (κ2) is 6.63. The van der Waals surface area contributed by atoms with Crippen molar-refractivity contribution in [2.24, 2.45) is 0 Å². The Morgan fingerprint density at radius 1 is 1.47 bits per heavy atom. The van der Waals surface area contributed by atoms with Crippen LogP contribution in [0.15, 0.2) is 22.7 Å². The van der Waals surface area contributed by atoms with E-state index in [-0.39, 0.29) is 6.61 Å². The number of nitrogens with zero attached hydrogens (tertiary/aromatic N) is 2. The topological polar surface area (TPSA) is 47.3 Å². The van der Waals surface area contributed by atoms with Crippen molar-refractivity contribution in [2.45, 2.75) is 26.3 Å². The van der Waals surface area contributed by atoms with Gasteiger partial charge < -0.3 is 10.0 Å². The average Bonchev–Trinajstić information content (AvgIpc) is 2.30. The second-order valence-electron chi connectivity index (χ2n) is 4.14. The monoisotopic (exact) mass is 296 g/mol. The highest BCUT2D eigenvalue weighted by Gasteiger charge is 2.13. The Morgan fingerprint density at radius 3 is 2.65 bits per heavy atom. The lowest BCUT2D eigenvalue weighted by molar-refractivity contribution is 0.288. The maximum Gasteiger partial charge on any atom is 0.0992 e. The summed E-state index contributed by atoms with van der Waals surface area (Å²) in [6, 6.07) is 8.05. The van der Waals surface area contributed by atoms with Crippen molar-refractivity contribution in [1.82, 2.24) is 0 Å². The molecule has 92 valence electrons. The summed E-state index contributed by atoms with van der Waals surface area (Å²) in [7, 11) is 0. The molecule has 0 bridgehead atoms. The fourth-order valence-electron chi connectivity index (χ4n) is 1.71. The van der Waals surface area contributed by atoms with Gasteiger partial charge in [-0.05, 0) is 54.4 Å². The van der Waals surface area contributed by atoms with Gasteiger partial charge in [0.2, 0.25) is 0 Å². The van der Waals surface area contributed by atoms with Gasteiger partial charge >= 0.3 is 0 Å². The van der Waals surface area contributed by atoms with E-state index in [2.05, 4.69) is 40.7 Å². The Morgan fingerprint density at radius 2 is 2.18 bits per heavy atom. The zero-order valence-corrected chi connectivity index (χ0v) is 11.7. The van der Waals surface area contributed by atoms with E-state index >= 15 is 0 Å². The predicted molar refractivity (Wildman–Crippen MR) is 73.0 cm³/mol. The van der Waals surface area contributed by atoms with Crippen LogP contribution in [0.1, 0.15) is 25.8 Å². The highest BCUT2D eigenvalue weighted by molar-refractivity contribution is 9.10.